The fourth-order valence-corrected chi connectivity index (χ4v) is 3.79. The van der Waals surface area contributed by atoms with Gasteiger partial charge < -0.3 is 5.32 Å². The smallest absolute Gasteiger partial charge is 0.292 e. The van der Waals surface area contributed by atoms with Crippen molar-refractivity contribution in [2.75, 3.05) is 5.32 Å². The molecule has 1 aromatic carbocycles. The predicted molar refractivity (Wildman–Crippen MR) is 114 cm³/mol. The fraction of sp³-hybridized carbons (Fsp3) is 0.316. The van der Waals surface area contributed by atoms with Crippen LogP contribution in [0, 0.1) is 10.1 Å². The zero-order valence-corrected chi connectivity index (χ0v) is 17.9. The Morgan fingerprint density at radius 2 is 1.93 bits per heavy atom. The van der Waals surface area contributed by atoms with Crippen molar-refractivity contribution in [2.24, 2.45) is 0 Å². The topological polar surface area (TPSA) is 103 Å². The molecule has 1 unspecified atom stereocenters. The summed E-state index contributed by atoms with van der Waals surface area (Å²) >= 11 is 7.82. The van der Waals surface area contributed by atoms with Crippen LogP contribution in [-0.4, -0.2) is 19.7 Å². The Kier molecular flexibility index (Phi) is 5.72. The average molecular weight is 434 g/mol. The van der Waals surface area contributed by atoms with Crippen molar-refractivity contribution in [3.63, 3.8) is 0 Å². The van der Waals surface area contributed by atoms with Gasteiger partial charge in [-0.1, -0.05) is 32.4 Å². The molecule has 2 heterocycles. The number of nitro groups is 1. The van der Waals surface area contributed by atoms with E-state index in [1.54, 1.807) is 11.3 Å². The van der Waals surface area contributed by atoms with Crippen LogP contribution in [0.2, 0.25) is 5.02 Å². The van der Waals surface area contributed by atoms with Gasteiger partial charge >= 0.3 is 0 Å². The van der Waals surface area contributed by atoms with Crippen molar-refractivity contribution >= 4 is 34.3 Å². The second kappa shape index (κ2) is 7.92. The number of rotatable bonds is 5. The minimum Gasteiger partial charge on any atom is -0.373 e. The van der Waals surface area contributed by atoms with E-state index < -0.39 is 10.5 Å². The number of nitrogens with one attached hydrogen (secondary N) is 1. The minimum absolute atomic E-state index is 0.0159. The van der Waals surface area contributed by atoms with Crippen LogP contribution in [0.25, 0.3) is 5.69 Å². The van der Waals surface area contributed by atoms with E-state index in [4.69, 9.17) is 11.6 Å². The fourth-order valence-electron chi connectivity index (χ4n) is 2.56. The van der Waals surface area contributed by atoms with E-state index >= 15 is 0 Å². The van der Waals surface area contributed by atoms with E-state index in [1.165, 1.54) is 30.5 Å². The molecular formula is C19H20ClN5O3S. The summed E-state index contributed by atoms with van der Waals surface area (Å²) in [6, 6.07) is 5.34. The molecule has 0 bridgehead atoms. The highest BCUT2D eigenvalue weighted by atomic mass is 35.5. The third-order valence-electron chi connectivity index (χ3n) is 4.26. The molecule has 0 aliphatic heterocycles. The largest absolute Gasteiger partial charge is 0.373 e. The number of non-ortho nitro benzene ring substituents is 1. The van der Waals surface area contributed by atoms with Crippen LogP contribution in [-0.2, 0) is 5.41 Å². The lowest BCUT2D eigenvalue weighted by molar-refractivity contribution is -0.384. The first kappa shape index (κ1) is 20.9. The summed E-state index contributed by atoms with van der Waals surface area (Å²) in [5.41, 5.74) is 1.15. The summed E-state index contributed by atoms with van der Waals surface area (Å²) in [5, 5.41) is 21.0. The molecule has 10 heteroatoms. The van der Waals surface area contributed by atoms with Gasteiger partial charge in [-0.15, -0.1) is 11.3 Å². The quantitative estimate of drug-likeness (QED) is 0.461. The van der Waals surface area contributed by atoms with Gasteiger partial charge in [0.15, 0.2) is 0 Å². The van der Waals surface area contributed by atoms with E-state index in [0.717, 1.165) is 15.4 Å². The Balaban J connectivity index is 1.85. The third kappa shape index (κ3) is 4.46. The molecule has 152 valence electrons. The Labute approximate surface area is 176 Å². The maximum Gasteiger partial charge on any atom is 0.292 e. The van der Waals surface area contributed by atoms with Gasteiger partial charge in [0.25, 0.3) is 11.2 Å². The van der Waals surface area contributed by atoms with Crippen molar-refractivity contribution in [2.45, 2.75) is 39.2 Å². The van der Waals surface area contributed by atoms with Gasteiger partial charge in [-0.3, -0.25) is 14.9 Å². The molecule has 0 saturated heterocycles. The molecule has 0 aliphatic rings. The summed E-state index contributed by atoms with van der Waals surface area (Å²) in [4.78, 5) is 27.6. The molecule has 0 spiro atoms. The number of hydrogen-bond acceptors (Lipinski definition) is 7. The molecule has 0 aliphatic carbocycles. The Hall–Kier alpha value is -2.78. The van der Waals surface area contributed by atoms with E-state index in [9.17, 15) is 14.9 Å². The van der Waals surface area contributed by atoms with Gasteiger partial charge in [0, 0.05) is 22.9 Å². The predicted octanol–water partition coefficient (Wildman–Crippen LogP) is 4.72. The van der Waals surface area contributed by atoms with Crippen LogP contribution < -0.4 is 10.9 Å². The number of nitro benzene ring substituents is 1. The zero-order valence-electron chi connectivity index (χ0n) is 16.3. The lowest BCUT2D eigenvalue weighted by atomic mass is 9.93. The van der Waals surface area contributed by atoms with E-state index in [0.29, 0.717) is 11.4 Å². The molecule has 3 aromatic rings. The van der Waals surface area contributed by atoms with Gasteiger partial charge in [-0.05, 0) is 19.1 Å². The lowest BCUT2D eigenvalue weighted by Crippen LogP contribution is -2.23. The number of nitrogens with zero attached hydrogens (tertiary/aromatic N) is 4. The Morgan fingerprint density at radius 1 is 1.28 bits per heavy atom. The summed E-state index contributed by atoms with van der Waals surface area (Å²) in [6.07, 6.45) is 1.46. The number of aromatic nitrogens is 3. The van der Waals surface area contributed by atoms with Crippen molar-refractivity contribution < 1.29 is 4.92 Å². The van der Waals surface area contributed by atoms with E-state index in [1.807, 2.05) is 12.3 Å². The first-order valence-electron chi connectivity index (χ1n) is 8.83. The molecule has 0 saturated carbocycles. The van der Waals surface area contributed by atoms with Gasteiger partial charge in [0.05, 0.1) is 34.2 Å². The molecule has 8 nitrogen and oxygen atoms in total. The van der Waals surface area contributed by atoms with Crippen LogP contribution in [0.15, 0.2) is 40.6 Å². The molecule has 2 aromatic heterocycles. The average Bonchev–Trinajstić information content (AvgIpc) is 3.16. The minimum atomic E-state index is -0.521. The monoisotopic (exact) mass is 433 g/mol. The van der Waals surface area contributed by atoms with Crippen molar-refractivity contribution in [3.8, 4) is 5.69 Å². The molecular weight excluding hydrogens is 414 g/mol. The summed E-state index contributed by atoms with van der Waals surface area (Å²) < 4.78 is 1.10. The second-order valence-corrected chi connectivity index (χ2v) is 8.82. The number of hydrogen-bond donors (Lipinski definition) is 1. The lowest BCUT2D eigenvalue weighted by Gasteiger charge is -2.16. The van der Waals surface area contributed by atoms with Crippen molar-refractivity contribution in [3.05, 3.63) is 72.0 Å². The van der Waals surface area contributed by atoms with Crippen LogP contribution in [0.3, 0.4) is 0 Å². The normalized spacial score (nSPS) is 12.6. The van der Waals surface area contributed by atoms with Gasteiger partial charge in [0.2, 0.25) is 0 Å². The van der Waals surface area contributed by atoms with Gasteiger partial charge in [-0.2, -0.15) is 9.78 Å². The summed E-state index contributed by atoms with van der Waals surface area (Å²) in [6.45, 7) is 8.23. The van der Waals surface area contributed by atoms with Crippen LogP contribution in [0.5, 0.6) is 0 Å². The molecule has 0 fully saturated rings. The molecule has 3 rings (SSSR count). The van der Waals surface area contributed by atoms with Gasteiger partial charge in [0.1, 0.15) is 10.0 Å². The second-order valence-electron chi connectivity index (χ2n) is 7.55. The maximum absolute atomic E-state index is 12.6. The highest BCUT2D eigenvalue weighted by Crippen LogP contribution is 2.29. The highest BCUT2D eigenvalue weighted by molar-refractivity contribution is 7.09. The van der Waals surface area contributed by atoms with Gasteiger partial charge in [-0.25, -0.2) is 4.98 Å². The first-order valence-corrected chi connectivity index (χ1v) is 10.1. The molecule has 0 radical (unpaired) electrons. The van der Waals surface area contributed by atoms with Crippen LogP contribution in [0.4, 0.5) is 11.4 Å². The summed E-state index contributed by atoms with van der Waals surface area (Å²) in [7, 11) is 0. The Bertz CT molecular complexity index is 1100. The molecule has 29 heavy (non-hydrogen) atoms. The van der Waals surface area contributed by atoms with Crippen molar-refractivity contribution in [1.82, 2.24) is 14.8 Å². The standard InChI is InChI=1S/C19H20ClN5O3S/c1-11(17-23-15(10-29-17)19(2,3)4)22-14-9-21-24(18(26)16(14)20)12-5-7-13(8-6-12)25(27)28/h5-11,22H,1-4H3. The van der Waals surface area contributed by atoms with Crippen LogP contribution in [0.1, 0.15) is 44.4 Å². The van der Waals surface area contributed by atoms with E-state index in [-0.39, 0.29) is 22.2 Å². The molecule has 1 atom stereocenters. The molecule has 1 N–H and O–H groups in total. The highest BCUT2D eigenvalue weighted by Gasteiger charge is 2.20. The number of anilines is 1. The molecule has 0 amide bonds. The van der Waals surface area contributed by atoms with E-state index in [2.05, 4.69) is 36.2 Å². The maximum atomic E-state index is 12.6. The third-order valence-corrected chi connectivity index (χ3v) is 5.65. The van der Waals surface area contributed by atoms with Crippen molar-refractivity contribution in [1.29, 1.82) is 0 Å². The Morgan fingerprint density at radius 3 is 2.48 bits per heavy atom. The number of benzene rings is 1. The number of halogens is 1. The number of thiazole rings is 1. The SMILES string of the molecule is CC(Nc1cnn(-c2ccc([N+](=O)[O-])cc2)c(=O)c1Cl)c1nc(C(C)(C)C)cs1. The zero-order chi connectivity index (χ0) is 21.3. The van der Waals surface area contributed by atoms with Crippen LogP contribution >= 0.6 is 22.9 Å². The summed E-state index contributed by atoms with van der Waals surface area (Å²) in [5.74, 6) is 0. The first-order chi connectivity index (χ1) is 13.6.